The Morgan fingerprint density at radius 2 is 1.96 bits per heavy atom. The zero-order valence-electron chi connectivity index (χ0n) is 14.1. The number of rotatable bonds is 2. The number of ether oxygens (including phenoxy) is 1. The van der Waals surface area contributed by atoms with Crippen LogP contribution in [0.25, 0.3) is 16.9 Å². The molecule has 25 heavy (non-hydrogen) atoms. The zero-order chi connectivity index (χ0) is 18.0. The van der Waals surface area contributed by atoms with Crippen molar-refractivity contribution in [3.63, 3.8) is 0 Å². The molecule has 0 bridgehead atoms. The van der Waals surface area contributed by atoms with E-state index in [-0.39, 0.29) is 0 Å². The lowest BCUT2D eigenvalue weighted by molar-refractivity contribution is 0.0636. The minimum atomic E-state index is -0.584. The van der Waals surface area contributed by atoms with Gasteiger partial charge in [0, 0.05) is 17.3 Å². The molecule has 0 saturated carbocycles. The summed E-state index contributed by atoms with van der Waals surface area (Å²) in [6, 6.07) is 12.7. The first-order chi connectivity index (χ1) is 11.9. The van der Waals surface area contributed by atoms with Crippen molar-refractivity contribution < 1.29 is 9.53 Å². The van der Waals surface area contributed by atoms with Crippen LogP contribution >= 0.6 is 0 Å². The Morgan fingerprint density at radius 3 is 2.60 bits per heavy atom. The lowest BCUT2D eigenvalue weighted by Crippen LogP contribution is -2.27. The molecule has 7 nitrogen and oxygen atoms in total. The van der Waals surface area contributed by atoms with Gasteiger partial charge in [-0.25, -0.2) is 14.3 Å². The second-order valence-electron chi connectivity index (χ2n) is 6.48. The lowest BCUT2D eigenvalue weighted by Gasteiger charge is -2.20. The van der Waals surface area contributed by atoms with E-state index in [2.05, 4.69) is 21.5 Å². The highest BCUT2D eigenvalue weighted by molar-refractivity contribution is 5.87. The Bertz CT molecular complexity index is 962. The minimum Gasteiger partial charge on any atom is -0.444 e. The number of carbonyl (C=O) groups excluding carboxylic acids is 1. The van der Waals surface area contributed by atoms with E-state index < -0.39 is 11.7 Å². The molecule has 1 aromatic carbocycles. The summed E-state index contributed by atoms with van der Waals surface area (Å²) in [7, 11) is 0. The van der Waals surface area contributed by atoms with Gasteiger partial charge in [0.2, 0.25) is 0 Å². The standard InChI is InChI=1S/C18H17N5O2/c1-18(2,3)25-17(24)22-14-8-15(23-16(9-14)20-11-21-23)13-6-4-12(10-19)5-7-13/h4-9,11H,1-3H3,(H,22,24). The number of benzene rings is 1. The zero-order valence-corrected chi connectivity index (χ0v) is 14.1. The van der Waals surface area contributed by atoms with E-state index >= 15 is 0 Å². The van der Waals surface area contributed by atoms with Gasteiger partial charge in [0.25, 0.3) is 0 Å². The fourth-order valence-electron chi connectivity index (χ4n) is 2.34. The number of hydrogen-bond acceptors (Lipinski definition) is 5. The topological polar surface area (TPSA) is 92.3 Å². The molecule has 0 unspecified atom stereocenters. The maximum absolute atomic E-state index is 12.0. The third-order valence-corrected chi connectivity index (χ3v) is 3.33. The molecule has 0 aliphatic rings. The predicted molar refractivity (Wildman–Crippen MR) is 93.0 cm³/mol. The Morgan fingerprint density at radius 1 is 1.24 bits per heavy atom. The number of aromatic nitrogens is 3. The lowest BCUT2D eigenvalue weighted by atomic mass is 10.1. The van der Waals surface area contributed by atoms with Crippen molar-refractivity contribution in [3.05, 3.63) is 48.3 Å². The number of hydrogen-bond donors (Lipinski definition) is 1. The highest BCUT2D eigenvalue weighted by Gasteiger charge is 2.17. The largest absolute Gasteiger partial charge is 0.444 e. The number of nitrogens with one attached hydrogen (secondary N) is 1. The van der Waals surface area contributed by atoms with Crippen LogP contribution in [0.1, 0.15) is 26.3 Å². The monoisotopic (exact) mass is 335 g/mol. The Hall–Kier alpha value is -3.40. The molecule has 3 aromatic rings. The Balaban J connectivity index is 1.99. The fourth-order valence-corrected chi connectivity index (χ4v) is 2.34. The molecular weight excluding hydrogens is 318 g/mol. The normalized spacial score (nSPS) is 11.1. The number of anilines is 1. The summed E-state index contributed by atoms with van der Waals surface area (Å²) in [4.78, 5) is 16.2. The van der Waals surface area contributed by atoms with Crippen LogP contribution in [0.5, 0.6) is 0 Å². The van der Waals surface area contributed by atoms with Crippen LogP contribution in [0.2, 0.25) is 0 Å². The van der Waals surface area contributed by atoms with Gasteiger partial charge >= 0.3 is 6.09 Å². The van der Waals surface area contributed by atoms with Crippen LogP contribution in [0.15, 0.2) is 42.7 Å². The third kappa shape index (κ3) is 3.75. The van der Waals surface area contributed by atoms with E-state index in [0.717, 1.165) is 11.3 Å². The molecule has 1 amide bonds. The van der Waals surface area contributed by atoms with Crippen LogP contribution in [-0.4, -0.2) is 26.3 Å². The first-order valence-electron chi connectivity index (χ1n) is 7.70. The van der Waals surface area contributed by atoms with Crippen LogP contribution in [0, 0.1) is 11.3 Å². The highest BCUT2D eigenvalue weighted by atomic mass is 16.6. The molecule has 126 valence electrons. The molecule has 2 aromatic heterocycles. The van der Waals surface area contributed by atoms with Crippen LogP contribution < -0.4 is 5.32 Å². The number of fused-ring (bicyclic) bond motifs is 1. The van der Waals surface area contributed by atoms with E-state index in [9.17, 15) is 4.79 Å². The third-order valence-electron chi connectivity index (χ3n) is 3.33. The molecule has 1 N–H and O–H groups in total. The molecule has 2 heterocycles. The highest BCUT2D eigenvalue weighted by Crippen LogP contribution is 2.25. The molecule has 0 fully saturated rings. The first-order valence-corrected chi connectivity index (χ1v) is 7.70. The summed E-state index contributed by atoms with van der Waals surface area (Å²) in [6.07, 6.45) is 0.905. The first kappa shape index (κ1) is 16.5. The number of nitriles is 1. The molecule has 7 heteroatoms. The molecule has 0 radical (unpaired) electrons. The van der Waals surface area contributed by atoms with Crippen molar-refractivity contribution >= 4 is 17.4 Å². The summed E-state index contributed by atoms with van der Waals surface area (Å²) in [5, 5.41) is 15.9. The van der Waals surface area contributed by atoms with Crippen LogP contribution in [-0.2, 0) is 4.74 Å². The number of amides is 1. The van der Waals surface area contributed by atoms with Gasteiger partial charge in [-0.05, 0) is 39.0 Å². The quantitative estimate of drug-likeness (QED) is 0.772. The summed E-state index contributed by atoms with van der Waals surface area (Å²) in [5.41, 5.74) is 2.72. The van der Waals surface area contributed by atoms with Gasteiger partial charge < -0.3 is 4.74 Å². The molecule has 0 atom stereocenters. The predicted octanol–water partition coefficient (Wildman–Crippen LogP) is 3.61. The Labute approximate surface area is 144 Å². The number of nitrogens with zero attached hydrogens (tertiary/aromatic N) is 4. The van der Waals surface area contributed by atoms with E-state index in [1.165, 1.54) is 6.33 Å². The summed E-state index contributed by atoms with van der Waals surface area (Å²) >= 11 is 0. The summed E-state index contributed by atoms with van der Waals surface area (Å²) < 4.78 is 6.95. The van der Waals surface area contributed by atoms with Crippen LogP contribution in [0.3, 0.4) is 0 Å². The second kappa shape index (κ2) is 6.24. The van der Waals surface area contributed by atoms with Crippen LogP contribution in [0.4, 0.5) is 10.5 Å². The average Bonchev–Trinajstić information content (AvgIpc) is 3.00. The van der Waals surface area contributed by atoms with Gasteiger partial charge in [-0.1, -0.05) is 12.1 Å². The molecule has 0 spiro atoms. The van der Waals surface area contributed by atoms with Gasteiger partial charge in [0.1, 0.15) is 11.9 Å². The van der Waals surface area contributed by atoms with Crippen molar-refractivity contribution in [1.82, 2.24) is 14.6 Å². The van der Waals surface area contributed by atoms with Crippen molar-refractivity contribution in [3.8, 4) is 17.3 Å². The Kier molecular flexibility index (Phi) is 4.11. The minimum absolute atomic E-state index is 0.540. The average molecular weight is 335 g/mol. The van der Waals surface area contributed by atoms with E-state index in [0.29, 0.717) is 16.9 Å². The van der Waals surface area contributed by atoms with Gasteiger partial charge in [-0.2, -0.15) is 10.4 Å². The fraction of sp³-hybridized carbons (Fsp3) is 0.222. The second-order valence-corrected chi connectivity index (χ2v) is 6.48. The summed E-state index contributed by atoms with van der Waals surface area (Å²) in [5.74, 6) is 0. The van der Waals surface area contributed by atoms with Crippen molar-refractivity contribution in [2.45, 2.75) is 26.4 Å². The molecule has 3 rings (SSSR count). The van der Waals surface area contributed by atoms with Gasteiger partial charge in [0.15, 0.2) is 5.65 Å². The van der Waals surface area contributed by atoms with E-state index in [1.54, 1.807) is 49.6 Å². The SMILES string of the molecule is CC(C)(C)OC(=O)Nc1cc(-c2ccc(C#N)cc2)n2ncnc2c1. The maximum Gasteiger partial charge on any atom is 0.412 e. The smallest absolute Gasteiger partial charge is 0.412 e. The summed E-state index contributed by atoms with van der Waals surface area (Å²) in [6.45, 7) is 5.41. The number of carbonyl (C=O) groups is 1. The van der Waals surface area contributed by atoms with Gasteiger partial charge in [0.05, 0.1) is 17.3 Å². The van der Waals surface area contributed by atoms with Crippen molar-refractivity contribution in [2.75, 3.05) is 5.32 Å². The van der Waals surface area contributed by atoms with Gasteiger partial charge in [-0.3, -0.25) is 5.32 Å². The van der Waals surface area contributed by atoms with E-state index in [4.69, 9.17) is 10.00 Å². The number of pyridine rings is 1. The van der Waals surface area contributed by atoms with E-state index in [1.807, 2.05) is 12.1 Å². The molecular formula is C18H17N5O2. The maximum atomic E-state index is 12.0. The molecule has 0 aliphatic carbocycles. The van der Waals surface area contributed by atoms with Crippen molar-refractivity contribution in [1.29, 1.82) is 5.26 Å². The van der Waals surface area contributed by atoms with Gasteiger partial charge in [-0.15, -0.1) is 0 Å². The molecule has 0 saturated heterocycles. The molecule has 0 aliphatic heterocycles. The van der Waals surface area contributed by atoms with Crippen molar-refractivity contribution in [2.24, 2.45) is 0 Å².